The number of hydrogen-bond donors (Lipinski definition) is 2. The van der Waals surface area contributed by atoms with Gasteiger partial charge in [0.2, 0.25) is 0 Å². The van der Waals surface area contributed by atoms with E-state index in [1.54, 1.807) is 17.5 Å². The molecule has 2 aromatic heterocycles. The Morgan fingerprint density at radius 2 is 2.23 bits per heavy atom. The number of rotatable bonds is 8. The predicted molar refractivity (Wildman–Crippen MR) is 87.6 cm³/mol. The lowest BCUT2D eigenvalue weighted by Crippen LogP contribution is -2.29. The number of nitrogens with one attached hydrogen (secondary N) is 1. The van der Waals surface area contributed by atoms with Crippen molar-refractivity contribution in [1.29, 1.82) is 0 Å². The summed E-state index contributed by atoms with van der Waals surface area (Å²) in [6, 6.07) is 5.74. The number of aromatic nitrogens is 2. The highest BCUT2D eigenvalue weighted by molar-refractivity contribution is 7.13. The summed E-state index contributed by atoms with van der Waals surface area (Å²) >= 11 is 1.55. The molecule has 1 atom stereocenters. The second kappa shape index (κ2) is 8.00. The fraction of sp³-hybridized carbons (Fsp3) is 0.438. The number of thiazole rings is 1. The molecule has 0 aliphatic heterocycles. The zero-order valence-corrected chi connectivity index (χ0v) is 13.6. The van der Waals surface area contributed by atoms with Gasteiger partial charge < -0.3 is 10.4 Å². The first-order valence-electron chi connectivity index (χ1n) is 7.35. The third kappa shape index (κ3) is 4.89. The van der Waals surface area contributed by atoms with Crippen LogP contribution in [0.2, 0.25) is 0 Å². The van der Waals surface area contributed by atoms with Gasteiger partial charge in [-0.25, -0.2) is 4.98 Å². The minimum atomic E-state index is -0.742. The maximum absolute atomic E-state index is 11.2. The molecule has 2 rings (SSSR count). The molecule has 22 heavy (non-hydrogen) atoms. The fourth-order valence-electron chi connectivity index (χ4n) is 2.21. The van der Waals surface area contributed by atoms with Crippen LogP contribution in [0.5, 0.6) is 0 Å². The van der Waals surface area contributed by atoms with Crippen LogP contribution in [-0.2, 0) is 11.3 Å². The minimum absolute atomic E-state index is 0.353. The van der Waals surface area contributed by atoms with Crippen LogP contribution in [0, 0.1) is 11.8 Å². The average Bonchev–Trinajstić information content (AvgIpc) is 2.95. The smallest absolute Gasteiger partial charge is 0.307 e. The summed E-state index contributed by atoms with van der Waals surface area (Å²) in [5.41, 5.74) is 1.78. The van der Waals surface area contributed by atoms with E-state index in [4.69, 9.17) is 0 Å². The number of hydrogen-bond acceptors (Lipinski definition) is 5. The predicted octanol–water partition coefficient (Wildman–Crippen LogP) is 3.04. The largest absolute Gasteiger partial charge is 0.481 e. The second-order valence-electron chi connectivity index (χ2n) is 5.65. The molecule has 2 heterocycles. The normalized spacial score (nSPS) is 12.5. The summed E-state index contributed by atoms with van der Waals surface area (Å²) in [5.74, 6) is -0.722. The molecule has 0 amide bonds. The molecule has 0 saturated heterocycles. The molecule has 2 N–H and O–H groups in total. The summed E-state index contributed by atoms with van der Waals surface area (Å²) in [6.07, 6.45) is 2.43. The summed E-state index contributed by atoms with van der Waals surface area (Å²) in [7, 11) is 0. The van der Waals surface area contributed by atoms with Crippen molar-refractivity contribution in [1.82, 2.24) is 15.3 Å². The third-order valence-corrected chi connectivity index (χ3v) is 4.15. The molecule has 5 nitrogen and oxygen atoms in total. The maximum Gasteiger partial charge on any atom is 0.307 e. The molecular formula is C16H21N3O2S. The highest BCUT2D eigenvalue weighted by Gasteiger charge is 2.18. The quantitative estimate of drug-likeness (QED) is 0.782. The molecule has 0 bridgehead atoms. The Morgan fingerprint density at radius 3 is 2.86 bits per heavy atom. The lowest BCUT2D eigenvalue weighted by Gasteiger charge is -2.14. The van der Waals surface area contributed by atoms with E-state index in [1.807, 2.05) is 37.4 Å². The molecule has 0 radical (unpaired) electrons. The second-order valence-corrected chi connectivity index (χ2v) is 6.51. The summed E-state index contributed by atoms with van der Waals surface area (Å²) < 4.78 is 0. The Bertz CT molecular complexity index is 598. The van der Waals surface area contributed by atoms with Crippen molar-refractivity contribution < 1.29 is 9.90 Å². The molecule has 0 aliphatic carbocycles. The van der Waals surface area contributed by atoms with E-state index in [0.717, 1.165) is 16.4 Å². The van der Waals surface area contributed by atoms with Crippen LogP contribution in [0.3, 0.4) is 0 Å². The van der Waals surface area contributed by atoms with Crippen molar-refractivity contribution >= 4 is 17.3 Å². The molecule has 1 unspecified atom stereocenters. The average molecular weight is 319 g/mol. The van der Waals surface area contributed by atoms with Crippen molar-refractivity contribution in [3.8, 4) is 10.7 Å². The molecule has 6 heteroatoms. The molecule has 0 saturated carbocycles. The van der Waals surface area contributed by atoms with Gasteiger partial charge >= 0.3 is 5.97 Å². The molecule has 0 aromatic carbocycles. The van der Waals surface area contributed by atoms with E-state index in [2.05, 4.69) is 15.3 Å². The third-order valence-electron chi connectivity index (χ3n) is 3.24. The van der Waals surface area contributed by atoms with Gasteiger partial charge in [-0.2, -0.15) is 0 Å². The lowest BCUT2D eigenvalue weighted by molar-refractivity contribution is -0.142. The number of carboxylic acids is 1. The van der Waals surface area contributed by atoms with Crippen LogP contribution < -0.4 is 5.32 Å². The van der Waals surface area contributed by atoms with Crippen molar-refractivity contribution in [2.75, 3.05) is 6.54 Å². The number of nitrogens with zero attached hydrogens (tertiary/aromatic N) is 2. The van der Waals surface area contributed by atoms with Gasteiger partial charge in [0.05, 0.1) is 17.3 Å². The van der Waals surface area contributed by atoms with Crippen LogP contribution in [0.4, 0.5) is 0 Å². The number of carbonyl (C=O) groups is 1. The Morgan fingerprint density at radius 1 is 1.41 bits per heavy atom. The van der Waals surface area contributed by atoms with Crippen molar-refractivity contribution in [2.45, 2.75) is 26.8 Å². The van der Waals surface area contributed by atoms with Crippen LogP contribution in [-0.4, -0.2) is 27.6 Å². The van der Waals surface area contributed by atoms with Crippen LogP contribution in [0.25, 0.3) is 10.7 Å². The highest BCUT2D eigenvalue weighted by atomic mass is 32.1. The Kier molecular flexibility index (Phi) is 6.03. The first kappa shape index (κ1) is 16.6. The molecule has 2 aromatic rings. The topological polar surface area (TPSA) is 75.1 Å². The number of pyridine rings is 1. The van der Waals surface area contributed by atoms with Crippen LogP contribution in [0.15, 0.2) is 29.8 Å². The first-order valence-corrected chi connectivity index (χ1v) is 8.23. The van der Waals surface area contributed by atoms with Gasteiger partial charge in [-0.15, -0.1) is 11.3 Å². The molecular weight excluding hydrogens is 298 g/mol. The van der Waals surface area contributed by atoms with Gasteiger partial charge in [0.25, 0.3) is 0 Å². The minimum Gasteiger partial charge on any atom is -0.481 e. The van der Waals surface area contributed by atoms with Crippen molar-refractivity contribution in [2.24, 2.45) is 11.8 Å². The zero-order chi connectivity index (χ0) is 15.9. The van der Waals surface area contributed by atoms with E-state index in [9.17, 15) is 9.90 Å². The Labute approximate surface area is 134 Å². The molecule has 0 spiro atoms. The summed E-state index contributed by atoms with van der Waals surface area (Å²) in [6.45, 7) is 5.11. The van der Waals surface area contributed by atoms with E-state index in [1.165, 1.54) is 0 Å². The van der Waals surface area contributed by atoms with Gasteiger partial charge in [-0.3, -0.25) is 9.78 Å². The lowest BCUT2D eigenvalue weighted by atomic mass is 9.97. The van der Waals surface area contributed by atoms with Crippen LogP contribution in [0.1, 0.15) is 26.0 Å². The zero-order valence-electron chi connectivity index (χ0n) is 12.8. The first-order chi connectivity index (χ1) is 10.6. The monoisotopic (exact) mass is 319 g/mol. The van der Waals surface area contributed by atoms with Crippen molar-refractivity contribution in [3.05, 3.63) is 35.5 Å². The van der Waals surface area contributed by atoms with Gasteiger partial charge in [0.15, 0.2) is 0 Å². The van der Waals surface area contributed by atoms with Crippen LogP contribution >= 0.6 is 11.3 Å². The summed E-state index contributed by atoms with van der Waals surface area (Å²) in [4.78, 5) is 20.0. The van der Waals surface area contributed by atoms with E-state index >= 15 is 0 Å². The molecule has 0 fully saturated rings. The van der Waals surface area contributed by atoms with Gasteiger partial charge in [-0.1, -0.05) is 19.9 Å². The maximum atomic E-state index is 11.2. The Balaban J connectivity index is 1.87. The summed E-state index contributed by atoms with van der Waals surface area (Å²) in [5, 5.41) is 15.3. The van der Waals surface area contributed by atoms with Gasteiger partial charge in [-0.05, 0) is 24.5 Å². The van der Waals surface area contributed by atoms with E-state index in [0.29, 0.717) is 25.4 Å². The Hall–Kier alpha value is -1.79. The fourth-order valence-corrected chi connectivity index (χ4v) is 3.01. The number of aliphatic carboxylic acids is 1. The van der Waals surface area contributed by atoms with E-state index < -0.39 is 5.97 Å². The van der Waals surface area contributed by atoms with E-state index in [-0.39, 0.29) is 5.92 Å². The van der Waals surface area contributed by atoms with Gasteiger partial charge in [0.1, 0.15) is 5.01 Å². The highest BCUT2D eigenvalue weighted by Crippen LogP contribution is 2.21. The SMILES string of the molecule is CC(C)CC(CNCc1csc(-c2ccccn2)n1)C(=O)O. The van der Waals surface area contributed by atoms with Gasteiger partial charge in [0, 0.05) is 24.7 Å². The van der Waals surface area contributed by atoms with Crippen molar-refractivity contribution in [3.63, 3.8) is 0 Å². The standard InChI is InChI=1S/C16H21N3O2S/c1-11(2)7-12(16(20)21)8-17-9-13-10-22-15(19-13)14-5-3-4-6-18-14/h3-6,10-12,17H,7-9H2,1-2H3,(H,20,21). The molecule has 118 valence electrons. The molecule has 0 aliphatic rings. The number of carboxylic acid groups (broad SMARTS) is 1.